The van der Waals surface area contributed by atoms with E-state index in [-0.39, 0.29) is 28.5 Å². The van der Waals surface area contributed by atoms with Crippen molar-refractivity contribution in [1.82, 2.24) is 4.72 Å². The first-order valence-electron chi connectivity index (χ1n) is 7.39. The first-order chi connectivity index (χ1) is 12.3. The van der Waals surface area contributed by atoms with Gasteiger partial charge in [0, 0.05) is 6.54 Å². The Labute approximate surface area is 153 Å². The van der Waals surface area contributed by atoms with Crippen LogP contribution in [0.4, 0.5) is 4.39 Å². The van der Waals surface area contributed by atoms with Crippen LogP contribution in [0.1, 0.15) is 16.8 Å². The maximum absolute atomic E-state index is 13.3. The third-order valence-electron chi connectivity index (χ3n) is 3.21. The number of sulfonamides is 1. The second-order valence-corrected chi connectivity index (χ2v) is 7.95. The number of esters is 1. The largest absolute Gasteiger partial charge is 0.496 e. The lowest BCUT2D eigenvalue weighted by molar-refractivity contribution is -0.142. The molecule has 1 N–H and O–H groups in total. The van der Waals surface area contributed by atoms with Gasteiger partial charge in [-0.2, -0.15) is 0 Å². The van der Waals surface area contributed by atoms with E-state index in [4.69, 9.17) is 9.47 Å². The van der Waals surface area contributed by atoms with E-state index in [9.17, 15) is 22.4 Å². The monoisotopic (exact) mass is 401 g/mol. The molecule has 140 valence electrons. The molecule has 0 aliphatic carbocycles. The van der Waals surface area contributed by atoms with Crippen LogP contribution in [-0.4, -0.2) is 40.4 Å². The predicted molar refractivity (Wildman–Crippen MR) is 92.4 cm³/mol. The summed E-state index contributed by atoms with van der Waals surface area (Å²) in [4.78, 5) is 23.7. The van der Waals surface area contributed by atoms with Crippen LogP contribution >= 0.6 is 11.3 Å². The summed E-state index contributed by atoms with van der Waals surface area (Å²) < 4.78 is 49.2. The van der Waals surface area contributed by atoms with Crippen molar-refractivity contribution in [2.45, 2.75) is 10.6 Å². The number of thiophene rings is 1. The molecule has 1 aromatic carbocycles. The van der Waals surface area contributed by atoms with Crippen LogP contribution in [0.5, 0.6) is 5.75 Å². The Morgan fingerprint density at radius 3 is 2.69 bits per heavy atom. The van der Waals surface area contributed by atoms with Gasteiger partial charge in [0.25, 0.3) is 0 Å². The highest BCUT2D eigenvalue weighted by atomic mass is 32.2. The van der Waals surface area contributed by atoms with E-state index in [2.05, 4.69) is 4.72 Å². The minimum Gasteiger partial charge on any atom is -0.496 e. The van der Waals surface area contributed by atoms with Crippen molar-refractivity contribution < 1.29 is 31.9 Å². The van der Waals surface area contributed by atoms with Crippen molar-refractivity contribution in [3.05, 3.63) is 47.1 Å². The summed E-state index contributed by atoms with van der Waals surface area (Å²) in [5.41, 5.74) is -0.0429. The van der Waals surface area contributed by atoms with Gasteiger partial charge in [0.2, 0.25) is 15.8 Å². The predicted octanol–water partition coefficient (Wildman–Crippen LogP) is 1.99. The van der Waals surface area contributed by atoms with Crippen LogP contribution in [0.2, 0.25) is 0 Å². The van der Waals surface area contributed by atoms with Crippen molar-refractivity contribution in [2.75, 3.05) is 20.3 Å². The van der Waals surface area contributed by atoms with E-state index in [1.54, 1.807) is 11.4 Å². The van der Waals surface area contributed by atoms with Crippen LogP contribution in [-0.2, 0) is 19.6 Å². The summed E-state index contributed by atoms with van der Waals surface area (Å²) in [6.07, 6.45) is -0.252. The Morgan fingerprint density at radius 1 is 1.27 bits per heavy atom. The van der Waals surface area contributed by atoms with Gasteiger partial charge >= 0.3 is 5.97 Å². The maximum Gasteiger partial charge on any atom is 0.307 e. The Hall–Kier alpha value is -2.30. The maximum atomic E-state index is 13.3. The lowest BCUT2D eigenvalue weighted by atomic mass is 10.1. The minimum absolute atomic E-state index is 0.0429. The summed E-state index contributed by atoms with van der Waals surface area (Å²) in [6, 6.07) is 6.46. The number of Topliss-reactive ketones (excluding diaryl/α,β-unsaturated/α-hetero) is 1. The zero-order chi connectivity index (χ0) is 19.2. The first kappa shape index (κ1) is 20.0. The van der Waals surface area contributed by atoms with Crippen LogP contribution < -0.4 is 9.46 Å². The van der Waals surface area contributed by atoms with E-state index in [0.717, 1.165) is 23.5 Å². The number of ether oxygens (including phenoxy) is 2. The van der Waals surface area contributed by atoms with Gasteiger partial charge in [0.05, 0.1) is 19.1 Å². The standard InChI is InChI=1S/C16H16FNO6S2/c1-23-14-5-4-11(17)9-12(14)13(19)10-24-15(20)6-7-18-26(21,22)16-3-2-8-25-16/h2-5,8-9,18H,6-7,10H2,1H3. The van der Waals surface area contributed by atoms with Crippen molar-refractivity contribution in [1.29, 1.82) is 0 Å². The third-order valence-corrected chi connectivity index (χ3v) is 6.07. The Kier molecular flexibility index (Phi) is 6.83. The lowest BCUT2D eigenvalue weighted by Crippen LogP contribution is -2.26. The fourth-order valence-corrected chi connectivity index (χ4v) is 4.04. The second kappa shape index (κ2) is 8.88. The number of nitrogens with one attached hydrogen (secondary N) is 1. The van der Waals surface area contributed by atoms with Crippen molar-refractivity contribution in [3.63, 3.8) is 0 Å². The molecule has 0 saturated heterocycles. The number of ketones is 1. The van der Waals surface area contributed by atoms with Gasteiger partial charge in [-0.1, -0.05) is 6.07 Å². The van der Waals surface area contributed by atoms with E-state index in [0.29, 0.717) is 0 Å². The fourth-order valence-electron chi connectivity index (χ4n) is 1.97. The molecule has 10 heteroatoms. The highest BCUT2D eigenvalue weighted by molar-refractivity contribution is 7.91. The molecule has 7 nitrogen and oxygen atoms in total. The number of rotatable bonds is 9. The molecule has 26 heavy (non-hydrogen) atoms. The van der Waals surface area contributed by atoms with Crippen LogP contribution in [0.3, 0.4) is 0 Å². The third kappa shape index (κ3) is 5.35. The first-order valence-corrected chi connectivity index (χ1v) is 9.75. The smallest absolute Gasteiger partial charge is 0.307 e. The van der Waals surface area contributed by atoms with Crippen molar-refractivity contribution >= 4 is 33.1 Å². The zero-order valence-corrected chi connectivity index (χ0v) is 15.4. The average Bonchev–Trinajstić information content (AvgIpc) is 3.15. The molecule has 0 saturated carbocycles. The van der Waals surface area contributed by atoms with E-state index in [1.165, 1.54) is 19.2 Å². The lowest BCUT2D eigenvalue weighted by Gasteiger charge is -2.09. The molecule has 2 rings (SSSR count). The number of halogens is 1. The summed E-state index contributed by atoms with van der Waals surface area (Å²) >= 11 is 1.05. The molecule has 0 unspecified atom stereocenters. The fraction of sp³-hybridized carbons (Fsp3) is 0.250. The Balaban J connectivity index is 1.82. The average molecular weight is 401 g/mol. The van der Waals surface area contributed by atoms with Gasteiger partial charge in [-0.05, 0) is 29.6 Å². The number of benzene rings is 1. The molecule has 2 aromatic rings. The molecule has 1 aromatic heterocycles. The molecule has 0 spiro atoms. The molecular formula is C16H16FNO6S2. The quantitative estimate of drug-likeness (QED) is 0.510. The summed E-state index contributed by atoms with van der Waals surface area (Å²) in [6.45, 7) is -0.771. The molecular weight excluding hydrogens is 385 g/mol. The van der Waals surface area contributed by atoms with Gasteiger partial charge in [0.1, 0.15) is 15.8 Å². The summed E-state index contributed by atoms with van der Waals surface area (Å²) in [5.74, 6) is -1.85. The number of hydrogen-bond acceptors (Lipinski definition) is 7. The van der Waals surface area contributed by atoms with Gasteiger partial charge < -0.3 is 9.47 Å². The normalized spacial score (nSPS) is 11.2. The second-order valence-electron chi connectivity index (χ2n) is 5.01. The molecule has 0 atom stereocenters. The highest BCUT2D eigenvalue weighted by Crippen LogP contribution is 2.20. The number of carbonyl (C=O) groups excluding carboxylic acids is 2. The van der Waals surface area contributed by atoms with Crippen LogP contribution in [0, 0.1) is 5.82 Å². The van der Waals surface area contributed by atoms with E-state index < -0.39 is 34.2 Å². The SMILES string of the molecule is COc1ccc(F)cc1C(=O)COC(=O)CCNS(=O)(=O)c1cccs1. The highest BCUT2D eigenvalue weighted by Gasteiger charge is 2.17. The van der Waals surface area contributed by atoms with Gasteiger partial charge in [-0.3, -0.25) is 9.59 Å². The molecule has 0 bridgehead atoms. The summed E-state index contributed by atoms with van der Waals surface area (Å²) in [7, 11) is -2.34. The van der Waals surface area contributed by atoms with Gasteiger partial charge in [-0.15, -0.1) is 11.3 Å². The molecule has 0 amide bonds. The zero-order valence-electron chi connectivity index (χ0n) is 13.7. The molecule has 1 heterocycles. The Bertz CT molecular complexity index is 880. The van der Waals surface area contributed by atoms with E-state index >= 15 is 0 Å². The topological polar surface area (TPSA) is 98.8 Å². The molecule has 0 aliphatic rings. The summed E-state index contributed by atoms with van der Waals surface area (Å²) in [5, 5.41) is 1.62. The number of hydrogen-bond donors (Lipinski definition) is 1. The Morgan fingerprint density at radius 2 is 2.04 bits per heavy atom. The molecule has 0 radical (unpaired) electrons. The van der Waals surface area contributed by atoms with E-state index in [1.807, 2.05) is 0 Å². The molecule has 0 fully saturated rings. The number of carbonyl (C=O) groups is 2. The minimum atomic E-state index is -3.67. The number of methoxy groups -OCH3 is 1. The van der Waals surface area contributed by atoms with Crippen LogP contribution in [0.25, 0.3) is 0 Å². The van der Waals surface area contributed by atoms with Gasteiger partial charge in [-0.25, -0.2) is 17.5 Å². The van der Waals surface area contributed by atoms with Crippen molar-refractivity contribution in [2.24, 2.45) is 0 Å². The van der Waals surface area contributed by atoms with Crippen LogP contribution in [0.15, 0.2) is 39.9 Å². The molecule has 0 aliphatic heterocycles. The van der Waals surface area contributed by atoms with Crippen molar-refractivity contribution in [3.8, 4) is 5.75 Å². The van der Waals surface area contributed by atoms with Gasteiger partial charge in [0.15, 0.2) is 6.61 Å².